The summed E-state index contributed by atoms with van der Waals surface area (Å²) in [5.74, 6) is 1.63. The van der Waals surface area contributed by atoms with Crippen LogP contribution in [-0.2, 0) is 11.5 Å². The monoisotopic (exact) mass is 365 g/mol. The summed E-state index contributed by atoms with van der Waals surface area (Å²) in [7, 11) is 0. The Morgan fingerprint density at radius 2 is 1.96 bits per heavy atom. The second-order valence-electron chi connectivity index (χ2n) is 6.29. The van der Waals surface area contributed by atoms with E-state index in [1.807, 2.05) is 30.3 Å². The molecule has 0 saturated carbocycles. The first kappa shape index (κ1) is 16.7. The van der Waals surface area contributed by atoms with Crippen LogP contribution >= 0.6 is 11.8 Å². The smallest absolute Gasteiger partial charge is 0.221 e. The fraction of sp³-hybridized carbons (Fsp3) is 0.211. The highest BCUT2D eigenvalue weighted by Crippen LogP contribution is 2.32. The highest BCUT2D eigenvalue weighted by atomic mass is 32.2. The molecule has 0 aliphatic carbocycles. The molecular formula is C19H19N5OS. The van der Waals surface area contributed by atoms with Crippen LogP contribution < -0.4 is 10.2 Å². The van der Waals surface area contributed by atoms with Crippen LogP contribution in [0.25, 0.3) is 11.4 Å². The number of nitrogens with zero attached hydrogens (tertiary/aromatic N) is 4. The van der Waals surface area contributed by atoms with Gasteiger partial charge in [0.15, 0.2) is 11.0 Å². The molecule has 2 aromatic carbocycles. The van der Waals surface area contributed by atoms with Gasteiger partial charge in [0.25, 0.3) is 0 Å². The third-order valence-electron chi connectivity index (χ3n) is 4.21. The third kappa shape index (κ3) is 3.30. The molecular weight excluding hydrogens is 346 g/mol. The van der Waals surface area contributed by atoms with E-state index in [0.29, 0.717) is 6.67 Å². The zero-order chi connectivity index (χ0) is 18.1. The van der Waals surface area contributed by atoms with Gasteiger partial charge in [-0.2, -0.15) is 0 Å². The molecule has 0 radical (unpaired) electrons. The van der Waals surface area contributed by atoms with Crippen LogP contribution in [0, 0.1) is 6.92 Å². The lowest BCUT2D eigenvalue weighted by molar-refractivity contribution is -0.114. The number of carbonyl (C=O) groups excluding carboxylic acids is 1. The second kappa shape index (κ2) is 6.84. The zero-order valence-corrected chi connectivity index (χ0v) is 15.5. The summed E-state index contributed by atoms with van der Waals surface area (Å²) < 4.78 is 2.14. The van der Waals surface area contributed by atoms with Gasteiger partial charge in [0.1, 0.15) is 0 Å². The van der Waals surface area contributed by atoms with Crippen molar-refractivity contribution in [2.45, 2.75) is 25.7 Å². The maximum atomic E-state index is 11.2. The van der Waals surface area contributed by atoms with Crippen molar-refractivity contribution in [3.05, 3.63) is 54.1 Å². The maximum absolute atomic E-state index is 11.2. The van der Waals surface area contributed by atoms with E-state index in [1.54, 1.807) is 11.8 Å². The number of nitrogens with one attached hydrogen (secondary N) is 1. The Kier molecular flexibility index (Phi) is 4.38. The van der Waals surface area contributed by atoms with Gasteiger partial charge in [-0.3, -0.25) is 9.36 Å². The Morgan fingerprint density at radius 1 is 1.15 bits per heavy atom. The molecule has 1 aliphatic rings. The Balaban J connectivity index is 1.59. The van der Waals surface area contributed by atoms with Crippen molar-refractivity contribution in [3.8, 4) is 11.4 Å². The Bertz CT molecular complexity index is 951. The number of aryl methyl sites for hydroxylation is 1. The van der Waals surface area contributed by atoms with Crippen LogP contribution in [0.15, 0.2) is 53.7 Å². The predicted molar refractivity (Wildman–Crippen MR) is 104 cm³/mol. The molecule has 0 unspecified atom stereocenters. The molecule has 1 aliphatic heterocycles. The van der Waals surface area contributed by atoms with Crippen molar-refractivity contribution in [1.29, 1.82) is 0 Å². The number of thioether (sulfide) groups is 1. The minimum absolute atomic E-state index is 0.0665. The van der Waals surface area contributed by atoms with Crippen LogP contribution in [0.1, 0.15) is 12.5 Å². The standard InChI is InChI=1S/C19H19N5OS/c1-13-4-3-5-15(10-13)18-21-22-19-24(18)11-23(12-26-19)17-8-6-16(7-9-17)20-14(2)25/h3-10H,11-12H2,1-2H3,(H,20,25). The topological polar surface area (TPSA) is 63.1 Å². The molecule has 1 aromatic heterocycles. The van der Waals surface area contributed by atoms with Crippen LogP contribution in [0.4, 0.5) is 11.4 Å². The van der Waals surface area contributed by atoms with E-state index in [-0.39, 0.29) is 5.91 Å². The van der Waals surface area contributed by atoms with Crippen LogP contribution in [0.5, 0.6) is 0 Å². The van der Waals surface area contributed by atoms with Crippen LogP contribution in [-0.4, -0.2) is 26.5 Å². The molecule has 2 heterocycles. The molecule has 0 fully saturated rings. The normalized spacial score (nSPS) is 13.4. The Morgan fingerprint density at radius 3 is 2.69 bits per heavy atom. The van der Waals surface area contributed by atoms with Gasteiger partial charge in [-0.25, -0.2) is 0 Å². The summed E-state index contributed by atoms with van der Waals surface area (Å²) in [5, 5.41) is 12.5. The largest absolute Gasteiger partial charge is 0.344 e. The van der Waals surface area contributed by atoms with Crippen molar-refractivity contribution in [2.75, 3.05) is 16.1 Å². The molecule has 132 valence electrons. The van der Waals surface area contributed by atoms with Gasteiger partial charge in [-0.05, 0) is 37.3 Å². The van der Waals surface area contributed by atoms with E-state index >= 15 is 0 Å². The van der Waals surface area contributed by atoms with E-state index in [4.69, 9.17) is 0 Å². The lowest BCUT2D eigenvalue weighted by atomic mass is 10.1. The molecule has 0 atom stereocenters. The summed E-state index contributed by atoms with van der Waals surface area (Å²) in [6.07, 6.45) is 0. The molecule has 26 heavy (non-hydrogen) atoms. The quantitative estimate of drug-likeness (QED) is 0.766. The number of carbonyl (C=O) groups is 1. The van der Waals surface area contributed by atoms with Gasteiger partial charge in [0.05, 0.1) is 12.5 Å². The van der Waals surface area contributed by atoms with E-state index < -0.39 is 0 Å². The van der Waals surface area contributed by atoms with Crippen LogP contribution in [0.3, 0.4) is 0 Å². The summed E-state index contributed by atoms with van der Waals surface area (Å²) >= 11 is 1.67. The van der Waals surface area contributed by atoms with E-state index in [1.165, 1.54) is 12.5 Å². The van der Waals surface area contributed by atoms with Crippen LogP contribution in [0.2, 0.25) is 0 Å². The van der Waals surface area contributed by atoms with E-state index in [2.05, 4.69) is 50.1 Å². The van der Waals surface area contributed by atoms with E-state index in [9.17, 15) is 4.79 Å². The minimum Gasteiger partial charge on any atom is -0.344 e. The number of hydrogen-bond donors (Lipinski definition) is 1. The fourth-order valence-corrected chi connectivity index (χ4v) is 3.88. The molecule has 3 aromatic rings. The molecule has 7 heteroatoms. The molecule has 4 rings (SSSR count). The molecule has 0 spiro atoms. The first-order chi connectivity index (χ1) is 12.6. The van der Waals surface area contributed by atoms with Gasteiger partial charge >= 0.3 is 0 Å². The summed E-state index contributed by atoms with van der Waals surface area (Å²) in [4.78, 5) is 13.4. The Hall–Kier alpha value is -2.80. The highest BCUT2D eigenvalue weighted by molar-refractivity contribution is 7.99. The zero-order valence-electron chi connectivity index (χ0n) is 14.6. The highest BCUT2D eigenvalue weighted by Gasteiger charge is 2.22. The predicted octanol–water partition coefficient (Wildman–Crippen LogP) is 3.74. The van der Waals surface area contributed by atoms with Crippen molar-refractivity contribution in [1.82, 2.24) is 14.8 Å². The lowest BCUT2D eigenvalue weighted by Gasteiger charge is -2.29. The lowest BCUT2D eigenvalue weighted by Crippen LogP contribution is -2.30. The summed E-state index contributed by atoms with van der Waals surface area (Å²) in [6, 6.07) is 16.2. The fourth-order valence-electron chi connectivity index (χ4n) is 2.98. The molecule has 0 saturated heterocycles. The number of aromatic nitrogens is 3. The second-order valence-corrected chi connectivity index (χ2v) is 7.20. The van der Waals surface area contributed by atoms with Crippen molar-refractivity contribution < 1.29 is 4.79 Å². The maximum Gasteiger partial charge on any atom is 0.221 e. The Labute approximate surface area is 156 Å². The first-order valence-corrected chi connectivity index (χ1v) is 9.34. The van der Waals surface area contributed by atoms with E-state index in [0.717, 1.165) is 33.8 Å². The molecule has 1 N–H and O–H groups in total. The van der Waals surface area contributed by atoms with Crippen molar-refractivity contribution >= 4 is 29.0 Å². The number of amides is 1. The average molecular weight is 365 g/mol. The molecule has 6 nitrogen and oxygen atoms in total. The first-order valence-electron chi connectivity index (χ1n) is 8.36. The van der Waals surface area contributed by atoms with Gasteiger partial charge in [-0.1, -0.05) is 35.5 Å². The number of benzene rings is 2. The minimum atomic E-state index is -0.0665. The van der Waals surface area contributed by atoms with Gasteiger partial charge in [0, 0.05) is 23.9 Å². The average Bonchev–Trinajstić information content (AvgIpc) is 3.05. The number of anilines is 2. The SMILES string of the molecule is CC(=O)Nc1ccc(N2CSc3nnc(-c4cccc(C)c4)n3C2)cc1. The number of fused-ring (bicyclic) bond motifs is 1. The molecule has 0 bridgehead atoms. The third-order valence-corrected chi connectivity index (χ3v) is 5.21. The van der Waals surface area contributed by atoms with Gasteiger partial charge < -0.3 is 10.2 Å². The van der Waals surface area contributed by atoms with Gasteiger partial charge in [0.2, 0.25) is 5.91 Å². The van der Waals surface area contributed by atoms with Crippen molar-refractivity contribution in [3.63, 3.8) is 0 Å². The molecule has 1 amide bonds. The van der Waals surface area contributed by atoms with Gasteiger partial charge in [-0.15, -0.1) is 10.2 Å². The summed E-state index contributed by atoms with van der Waals surface area (Å²) in [6.45, 7) is 4.28. The number of rotatable bonds is 3. The van der Waals surface area contributed by atoms with Crippen molar-refractivity contribution in [2.24, 2.45) is 0 Å². The summed E-state index contributed by atoms with van der Waals surface area (Å²) in [5.41, 5.74) is 4.18. The number of hydrogen-bond acceptors (Lipinski definition) is 5.